The summed E-state index contributed by atoms with van der Waals surface area (Å²) in [5, 5.41) is 0. The fraction of sp³-hybridized carbons (Fsp3) is 0.583. The largest absolute Gasteiger partial charge is 0.378 e. The van der Waals surface area contributed by atoms with Crippen molar-refractivity contribution in [2.24, 2.45) is 0 Å². The zero-order valence-electron chi connectivity index (χ0n) is 9.26. The smallest absolute Gasteiger partial charge is 0.182 e. The van der Waals surface area contributed by atoms with Crippen LogP contribution in [-0.2, 0) is 4.74 Å². The van der Waals surface area contributed by atoms with Crippen molar-refractivity contribution in [3.8, 4) is 0 Å². The molecule has 2 heterocycles. The molecule has 1 aliphatic rings. The molecule has 0 aliphatic carbocycles. The van der Waals surface area contributed by atoms with Crippen LogP contribution in [0.3, 0.4) is 0 Å². The summed E-state index contributed by atoms with van der Waals surface area (Å²) in [4.78, 5) is 19.5. The number of Topliss-reactive ketones (excluding diaryl/α,β-unsaturated/α-hetero) is 1. The van der Waals surface area contributed by atoms with E-state index in [0.717, 1.165) is 32.3 Å². The van der Waals surface area contributed by atoms with Gasteiger partial charge in [0.25, 0.3) is 0 Å². The van der Waals surface area contributed by atoms with Gasteiger partial charge in [0.05, 0.1) is 12.3 Å². The van der Waals surface area contributed by atoms with Gasteiger partial charge in [0.15, 0.2) is 5.78 Å². The number of aromatic nitrogens is 2. The SMILES string of the molecule is O=C(CCCC1CCCO1)c1cnccn1. The second-order valence-corrected chi connectivity index (χ2v) is 4.04. The molecule has 0 spiro atoms. The quantitative estimate of drug-likeness (QED) is 0.712. The maximum Gasteiger partial charge on any atom is 0.182 e. The molecule has 1 aromatic rings. The van der Waals surface area contributed by atoms with Gasteiger partial charge < -0.3 is 4.74 Å². The number of carbonyl (C=O) groups is 1. The lowest BCUT2D eigenvalue weighted by Crippen LogP contribution is -2.07. The number of ether oxygens (including phenoxy) is 1. The van der Waals surface area contributed by atoms with E-state index in [-0.39, 0.29) is 5.78 Å². The minimum atomic E-state index is 0.0751. The van der Waals surface area contributed by atoms with Gasteiger partial charge in [-0.2, -0.15) is 0 Å². The van der Waals surface area contributed by atoms with E-state index in [1.807, 2.05) is 0 Å². The van der Waals surface area contributed by atoms with Crippen molar-refractivity contribution >= 4 is 5.78 Å². The highest BCUT2D eigenvalue weighted by atomic mass is 16.5. The van der Waals surface area contributed by atoms with Crippen molar-refractivity contribution in [3.63, 3.8) is 0 Å². The zero-order valence-corrected chi connectivity index (χ0v) is 9.26. The van der Waals surface area contributed by atoms with Crippen LogP contribution in [0.5, 0.6) is 0 Å². The molecule has 0 saturated carbocycles. The lowest BCUT2D eigenvalue weighted by Gasteiger charge is -2.07. The fourth-order valence-corrected chi connectivity index (χ4v) is 1.93. The number of carbonyl (C=O) groups excluding carboxylic acids is 1. The van der Waals surface area contributed by atoms with E-state index in [0.29, 0.717) is 18.2 Å². The topological polar surface area (TPSA) is 52.1 Å². The number of ketones is 1. The lowest BCUT2D eigenvalue weighted by molar-refractivity contribution is 0.0919. The predicted molar refractivity (Wildman–Crippen MR) is 59.2 cm³/mol. The van der Waals surface area contributed by atoms with Crippen LogP contribution in [0.25, 0.3) is 0 Å². The van der Waals surface area contributed by atoms with Crippen molar-refractivity contribution < 1.29 is 9.53 Å². The average molecular weight is 220 g/mol. The first-order valence-electron chi connectivity index (χ1n) is 5.77. The van der Waals surface area contributed by atoms with Crippen molar-refractivity contribution in [1.82, 2.24) is 9.97 Å². The van der Waals surface area contributed by atoms with Gasteiger partial charge in [-0.1, -0.05) is 0 Å². The molecule has 16 heavy (non-hydrogen) atoms. The van der Waals surface area contributed by atoms with Crippen LogP contribution in [0.4, 0.5) is 0 Å². The van der Waals surface area contributed by atoms with Gasteiger partial charge in [-0.05, 0) is 25.7 Å². The summed E-state index contributed by atoms with van der Waals surface area (Å²) >= 11 is 0. The van der Waals surface area contributed by atoms with Gasteiger partial charge in [0.1, 0.15) is 5.69 Å². The highest BCUT2D eigenvalue weighted by molar-refractivity contribution is 5.93. The lowest BCUT2D eigenvalue weighted by atomic mass is 10.1. The Hall–Kier alpha value is -1.29. The first-order valence-corrected chi connectivity index (χ1v) is 5.77. The Balaban J connectivity index is 1.71. The second-order valence-electron chi connectivity index (χ2n) is 4.04. The van der Waals surface area contributed by atoms with E-state index in [2.05, 4.69) is 9.97 Å². The molecule has 2 rings (SSSR count). The third-order valence-corrected chi connectivity index (χ3v) is 2.80. The van der Waals surface area contributed by atoms with E-state index in [4.69, 9.17) is 4.74 Å². The molecule has 1 atom stereocenters. The number of hydrogen-bond donors (Lipinski definition) is 0. The molecular formula is C12H16N2O2. The minimum Gasteiger partial charge on any atom is -0.378 e. The Bertz CT molecular complexity index is 334. The summed E-state index contributed by atoms with van der Waals surface area (Å²) in [5.41, 5.74) is 0.467. The van der Waals surface area contributed by atoms with E-state index in [1.54, 1.807) is 12.4 Å². The molecule has 4 heteroatoms. The molecule has 4 nitrogen and oxygen atoms in total. The molecule has 0 radical (unpaired) electrons. The van der Waals surface area contributed by atoms with Crippen LogP contribution in [-0.4, -0.2) is 28.5 Å². The van der Waals surface area contributed by atoms with Crippen molar-refractivity contribution in [2.75, 3.05) is 6.61 Å². The Morgan fingerprint density at radius 3 is 3.12 bits per heavy atom. The predicted octanol–water partition coefficient (Wildman–Crippen LogP) is 2.01. The molecule has 0 N–H and O–H groups in total. The Kier molecular flexibility index (Phi) is 3.99. The number of rotatable bonds is 5. The van der Waals surface area contributed by atoms with Gasteiger partial charge in [-0.25, -0.2) is 4.98 Å². The molecule has 1 fully saturated rings. The molecule has 1 aliphatic heterocycles. The Morgan fingerprint density at radius 2 is 2.44 bits per heavy atom. The third kappa shape index (κ3) is 3.10. The Morgan fingerprint density at radius 1 is 1.50 bits per heavy atom. The summed E-state index contributed by atoms with van der Waals surface area (Å²) in [5.74, 6) is 0.0751. The van der Waals surface area contributed by atoms with Crippen molar-refractivity contribution in [3.05, 3.63) is 24.3 Å². The van der Waals surface area contributed by atoms with Gasteiger partial charge >= 0.3 is 0 Å². The van der Waals surface area contributed by atoms with Gasteiger partial charge in [-0.3, -0.25) is 9.78 Å². The monoisotopic (exact) mass is 220 g/mol. The third-order valence-electron chi connectivity index (χ3n) is 2.80. The van der Waals surface area contributed by atoms with Crippen molar-refractivity contribution in [1.29, 1.82) is 0 Å². The first kappa shape index (κ1) is 11.2. The molecule has 1 unspecified atom stereocenters. The summed E-state index contributed by atoms with van der Waals surface area (Å²) in [7, 11) is 0. The van der Waals surface area contributed by atoms with Crippen LogP contribution in [0, 0.1) is 0 Å². The zero-order chi connectivity index (χ0) is 11.2. The summed E-state index contributed by atoms with van der Waals surface area (Å²) in [6.07, 6.45) is 9.70. The maximum atomic E-state index is 11.7. The van der Waals surface area contributed by atoms with Crippen LogP contribution in [0.15, 0.2) is 18.6 Å². The molecule has 0 aromatic carbocycles. The normalized spacial score (nSPS) is 19.9. The fourth-order valence-electron chi connectivity index (χ4n) is 1.93. The molecular weight excluding hydrogens is 204 g/mol. The van der Waals surface area contributed by atoms with Gasteiger partial charge in [-0.15, -0.1) is 0 Å². The van der Waals surface area contributed by atoms with E-state index >= 15 is 0 Å². The van der Waals surface area contributed by atoms with E-state index in [9.17, 15) is 4.79 Å². The van der Waals surface area contributed by atoms with Crippen LogP contribution in [0.1, 0.15) is 42.6 Å². The van der Waals surface area contributed by atoms with E-state index < -0.39 is 0 Å². The Labute approximate surface area is 95.1 Å². The standard InChI is InChI=1S/C12H16N2O2/c15-12(11-9-13-6-7-14-11)5-1-3-10-4-2-8-16-10/h6-7,9-10H,1-5,8H2. The molecule has 0 bridgehead atoms. The first-order chi connectivity index (χ1) is 7.86. The maximum absolute atomic E-state index is 11.7. The highest BCUT2D eigenvalue weighted by Gasteiger charge is 2.16. The molecule has 86 valence electrons. The molecule has 1 aromatic heterocycles. The second kappa shape index (κ2) is 5.70. The van der Waals surface area contributed by atoms with Gasteiger partial charge in [0.2, 0.25) is 0 Å². The molecule has 1 saturated heterocycles. The summed E-state index contributed by atoms with van der Waals surface area (Å²) < 4.78 is 5.50. The number of nitrogens with zero attached hydrogens (tertiary/aromatic N) is 2. The summed E-state index contributed by atoms with van der Waals surface area (Å²) in [6, 6.07) is 0. The summed E-state index contributed by atoms with van der Waals surface area (Å²) in [6.45, 7) is 0.878. The van der Waals surface area contributed by atoms with Crippen LogP contribution in [0.2, 0.25) is 0 Å². The van der Waals surface area contributed by atoms with Crippen molar-refractivity contribution in [2.45, 2.75) is 38.2 Å². The highest BCUT2D eigenvalue weighted by Crippen LogP contribution is 2.18. The van der Waals surface area contributed by atoms with Crippen LogP contribution >= 0.6 is 0 Å². The number of hydrogen-bond acceptors (Lipinski definition) is 4. The average Bonchev–Trinajstić information content (AvgIpc) is 2.83. The minimum absolute atomic E-state index is 0.0751. The van der Waals surface area contributed by atoms with E-state index in [1.165, 1.54) is 6.20 Å². The molecule has 0 amide bonds. The van der Waals surface area contributed by atoms with Crippen LogP contribution < -0.4 is 0 Å². The van der Waals surface area contributed by atoms with Gasteiger partial charge in [0, 0.05) is 25.4 Å².